The minimum absolute atomic E-state index is 0.193. The van der Waals surface area contributed by atoms with Gasteiger partial charge in [0.05, 0.1) is 12.2 Å². The van der Waals surface area contributed by atoms with E-state index in [-0.39, 0.29) is 12.5 Å². The summed E-state index contributed by atoms with van der Waals surface area (Å²) in [5.41, 5.74) is 3.50. The first kappa shape index (κ1) is 17.8. The number of hydrogen-bond acceptors (Lipinski definition) is 5. The number of aryl methyl sites for hydroxylation is 1. The van der Waals surface area contributed by atoms with Gasteiger partial charge in [0.2, 0.25) is 0 Å². The summed E-state index contributed by atoms with van der Waals surface area (Å²) >= 11 is 0. The van der Waals surface area contributed by atoms with Crippen LogP contribution in [0.3, 0.4) is 0 Å². The average Bonchev–Trinajstić information content (AvgIpc) is 3.17. The Hall–Kier alpha value is -2.57. The molecule has 6 heteroatoms. The number of hydrogen-bond donors (Lipinski definition) is 1. The van der Waals surface area contributed by atoms with Crippen molar-refractivity contribution in [2.24, 2.45) is 5.92 Å². The third-order valence-corrected chi connectivity index (χ3v) is 5.46. The van der Waals surface area contributed by atoms with Gasteiger partial charge in [-0.3, -0.25) is 4.90 Å². The number of likely N-dealkylation sites (tertiary alicyclic amines) is 1. The highest BCUT2D eigenvalue weighted by atomic mass is 16.3. The van der Waals surface area contributed by atoms with Gasteiger partial charge in [-0.05, 0) is 53.9 Å². The Morgan fingerprint density at radius 3 is 2.59 bits per heavy atom. The summed E-state index contributed by atoms with van der Waals surface area (Å²) in [5.74, 6) is 1.46. The van der Waals surface area contributed by atoms with E-state index in [2.05, 4.69) is 63.7 Å². The predicted octanol–water partition coefficient (Wildman–Crippen LogP) is 2.57. The Morgan fingerprint density at radius 2 is 1.85 bits per heavy atom. The zero-order chi connectivity index (χ0) is 18.6. The molecule has 1 aliphatic rings. The van der Waals surface area contributed by atoms with Gasteiger partial charge in [0.15, 0.2) is 5.82 Å². The molecule has 2 atom stereocenters. The van der Waals surface area contributed by atoms with Crippen molar-refractivity contribution in [2.45, 2.75) is 25.8 Å². The van der Waals surface area contributed by atoms with E-state index < -0.39 is 0 Å². The van der Waals surface area contributed by atoms with E-state index in [1.54, 1.807) is 4.68 Å². The number of aromatic nitrogens is 4. The van der Waals surface area contributed by atoms with Crippen LogP contribution in [0, 0.1) is 12.8 Å². The molecule has 1 N–H and O–H groups in total. The lowest BCUT2D eigenvalue weighted by Crippen LogP contribution is -2.41. The second-order valence-corrected chi connectivity index (χ2v) is 7.33. The lowest BCUT2D eigenvalue weighted by molar-refractivity contribution is 0.0950. The highest BCUT2D eigenvalue weighted by Gasteiger charge is 2.30. The molecule has 1 saturated heterocycles. The van der Waals surface area contributed by atoms with Crippen molar-refractivity contribution in [1.29, 1.82) is 0 Å². The van der Waals surface area contributed by atoms with Crippen LogP contribution in [0.1, 0.15) is 29.3 Å². The number of benzene rings is 2. The summed E-state index contributed by atoms with van der Waals surface area (Å²) in [5, 5.41) is 22.2. The fourth-order valence-electron chi connectivity index (χ4n) is 3.97. The second kappa shape index (κ2) is 7.98. The largest absolute Gasteiger partial charge is 0.396 e. The maximum Gasteiger partial charge on any atom is 0.170 e. The first-order valence-electron chi connectivity index (χ1n) is 9.47. The van der Waals surface area contributed by atoms with Crippen molar-refractivity contribution < 1.29 is 5.11 Å². The third kappa shape index (κ3) is 3.91. The van der Waals surface area contributed by atoms with Gasteiger partial charge in [-0.25, -0.2) is 0 Å². The lowest BCUT2D eigenvalue weighted by atomic mass is 9.81. The zero-order valence-electron chi connectivity index (χ0n) is 15.6. The average molecular weight is 363 g/mol. The molecule has 6 nitrogen and oxygen atoms in total. The molecule has 27 heavy (non-hydrogen) atoms. The number of rotatable bonds is 5. The second-order valence-electron chi connectivity index (χ2n) is 7.33. The molecule has 2 aromatic carbocycles. The molecule has 1 fully saturated rings. The molecule has 3 aromatic rings. The minimum Gasteiger partial charge on any atom is -0.396 e. The maximum atomic E-state index is 9.95. The Balaban J connectivity index is 1.47. The van der Waals surface area contributed by atoms with Crippen LogP contribution in [0.15, 0.2) is 54.6 Å². The SMILES string of the molecule is Cc1ccc(-n2nnnc2CN2CC[C@H](c3ccccc3)[C@H](CO)C2)cc1. The number of aliphatic hydroxyl groups excluding tert-OH is 1. The molecule has 140 valence electrons. The van der Waals surface area contributed by atoms with E-state index in [4.69, 9.17) is 0 Å². The van der Waals surface area contributed by atoms with Crippen LogP contribution in [0.2, 0.25) is 0 Å². The Bertz CT molecular complexity index is 862. The molecule has 0 radical (unpaired) electrons. The molecular formula is C21H25N5O. The Labute approximate surface area is 159 Å². The van der Waals surface area contributed by atoms with Crippen LogP contribution < -0.4 is 0 Å². The van der Waals surface area contributed by atoms with Crippen LogP contribution in [0.4, 0.5) is 0 Å². The number of aliphatic hydroxyl groups is 1. The highest BCUT2D eigenvalue weighted by Crippen LogP contribution is 2.33. The smallest absolute Gasteiger partial charge is 0.170 e. The van der Waals surface area contributed by atoms with E-state index >= 15 is 0 Å². The van der Waals surface area contributed by atoms with Crippen molar-refractivity contribution >= 4 is 0 Å². The van der Waals surface area contributed by atoms with Gasteiger partial charge in [-0.2, -0.15) is 4.68 Å². The van der Waals surface area contributed by atoms with Crippen molar-refractivity contribution in [3.8, 4) is 5.69 Å². The zero-order valence-corrected chi connectivity index (χ0v) is 15.6. The molecule has 0 amide bonds. The van der Waals surface area contributed by atoms with Crippen LogP contribution in [0.25, 0.3) is 5.69 Å². The van der Waals surface area contributed by atoms with Gasteiger partial charge in [-0.1, -0.05) is 48.0 Å². The predicted molar refractivity (Wildman–Crippen MR) is 104 cm³/mol. The van der Waals surface area contributed by atoms with Crippen molar-refractivity contribution in [3.63, 3.8) is 0 Å². The Kier molecular flexibility index (Phi) is 5.27. The summed E-state index contributed by atoms with van der Waals surface area (Å²) in [7, 11) is 0. The summed E-state index contributed by atoms with van der Waals surface area (Å²) in [6.45, 7) is 4.75. The monoisotopic (exact) mass is 363 g/mol. The van der Waals surface area contributed by atoms with Crippen LogP contribution in [0.5, 0.6) is 0 Å². The summed E-state index contributed by atoms with van der Waals surface area (Å²) in [6, 6.07) is 18.7. The van der Waals surface area contributed by atoms with Gasteiger partial charge < -0.3 is 5.11 Å². The fourth-order valence-corrected chi connectivity index (χ4v) is 3.97. The fraction of sp³-hybridized carbons (Fsp3) is 0.381. The van der Waals surface area contributed by atoms with Gasteiger partial charge in [0, 0.05) is 19.1 Å². The van der Waals surface area contributed by atoms with Crippen LogP contribution in [-0.2, 0) is 6.54 Å². The molecule has 1 aromatic heterocycles. The topological polar surface area (TPSA) is 67.1 Å². The van der Waals surface area contributed by atoms with Crippen LogP contribution >= 0.6 is 0 Å². The van der Waals surface area contributed by atoms with Gasteiger partial charge >= 0.3 is 0 Å². The number of piperidine rings is 1. The van der Waals surface area contributed by atoms with Crippen molar-refractivity contribution in [1.82, 2.24) is 25.1 Å². The van der Waals surface area contributed by atoms with E-state index in [0.29, 0.717) is 12.5 Å². The highest BCUT2D eigenvalue weighted by molar-refractivity contribution is 5.33. The third-order valence-electron chi connectivity index (χ3n) is 5.46. The molecule has 0 unspecified atom stereocenters. The summed E-state index contributed by atoms with van der Waals surface area (Å²) < 4.78 is 1.80. The standard InChI is InChI=1S/C21H25N5O/c1-16-7-9-19(10-8-16)26-21(22-23-24-26)14-25-12-11-20(18(13-25)15-27)17-5-3-2-4-6-17/h2-10,18,20,27H,11-15H2,1H3/t18-,20+/m0/s1. The minimum atomic E-state index is 0.193. The number of tetrazole rings is 1. The normalized spacial score (nSPS) is 20.7. The van der Waals surface area contributed by atoms with Crippen LogP contribution in [-0.4, -0.2) is 49.9 Å². The van der Waals surface area contributed by atoms with E-state index in [1.165, 1.54) is 11.1 Å². The van der Waals surface area contributed by atoms with Crippen molar-refractivity contribution in [2.75, 3.05) is 19.7 Å². The van der Waals surface area contributed by atoms with E-state index in [0.717, 1.165) is 31.0 Å². The molecular weight excluding hydrogens is 338 g/mol. The summed E-state index contributed by atoms with van der Waals surface area (Å²) in [4.78, 5) is 2.34. The Morgan fingerprint density at radius 1 is 1.07 bits per heavy atom. The van der Waals surface area contributed by atoms with E-state index in [1.807, 2.05) is 18.2 Å². The maximum absolute atomic E-state index is 9.95. The molecule has 0 aliphatic carbocycles. The molecule has 1 aliphatic heterocycles. The van der Waals surface area contributed by atoms with Gasteiger partial charge in [-0.15, -0.1) is 5.10 Å². The molecule has 2 heterocycles. The first-order chi connectivity index (χ1) is 13.2. The quantitative estimate of drug-likeness (QED) is 0.755. The van der Waals surface area contributed by atoms with Crippen molar-refractivity contribution in [3.05, 3.63) is 71.5 Å². The molecule has 0 bridgehead atoms. The lowest BCUT2D eigenvalue weighted by Gasteiger charge is -2.37. The first-order valence-corrected chi connectivity index (χ1v) is 9.47. The van der Waals surface area contributed by atoms with E-state index in [9.17, 15) is 5.11 Å². The molecule has 0 spiro atoms. The van der Waals surface area contributed by atoms with Gasteiger partial charge in [0.25, 0.3) is 0 Å². The van der Waals surface area contributed by atoms with Gasteiger partial charge in [0.1, 0.15) is 0 Å². The molecule has 0 saturated carbocycles. The number of nitrogens with zero attached hydrogens (tertiary/aromatic N) is 5. The molecule has 4 rings (SSSR count). The summed E-state index contributed by atoms with van der Waals surface area (Å²) in [6.07, 6.45) is 1.03.